The molecule has 1 aliphatic heterocycles. The number of nitrogens with one attached hydrogen (secondary N) is 2. The molecule has 1 amide bonds. The summed E-state index contributed by atoms with van der Waals surface area (Å²) in [6, 6.07) is 10.8. The Morgan fingerprint density at radius 1 is 1.24 bits per heavy atom. The van der Waals surface area contributed by atoms with E-state index in [0.717, 1.165) is 25.9 Å². The average molecular weight is 340 g/mol. The zero-order valence-electron chi connectivity index (χ0n) is 14.4. The van der Waals surface area contributed by atoms with Gasteiger partial charge in [0, 0.05) is 23.4 Å². The molecule has 0 radical (unpaired) electrons. The molecule has 0 bridgehead atoms. The van der Waals surface area contributed by atoms with Crippen LogP contribution in [-0.2, 0) is 4.79 Å². The van der Waals surface area contributed by atoms with Gasteiger partial charge >= 0.3 is 0 Å². The first-order valence-electron chi connectivity index (χ1n) is 8.74. The molecule has 25 heavy (non-hydrogen) atoms. The lowest BCUT2D eigenvalue weighted by molar-refractivity contribution is -0.126. The van der Waals surface area contributed by atoms with Crippen LogP contribution >= 0.6 is 0 Å². The highest BCUT2D eigenvalue weighted by Crippen LogP contribution is 2.27. The maximum atomic E-state index is 12.4. The zero-order valence-corrected chi connectivity index (χ0v) is 14.4. The van der Waals surface area contributed by atoms with Gasteiger partial charge < -0.3 is 5.32 Å². The number of nitrogens with zero attached hydrogens (tertiary/aromatic N) is 2. The van der Waals surface area contributed by atoms with Crippen LogP contribution in [0.4, 0.5) is 0 Å². The Morgan fingerprint density at radius 2 is 1.96 bits per heavy atom. The van der Waals surface area contributed by atoms with Gasteiger partial charge in [-0.2, -0.15) is 5.10 Å². The first-order valence-corrected chi connectivity index (χ1v) is 8.74. The molecule has 1 saturated heterocycles. The van der Waals surface area contributed by atoms with E-state index in [9.17, 15) is 9.59 Å². The van der Waals surface area contributed by atoms with Crippen LogP contribution in [0.15, 0.2) is 42.6 Å². The Morgan fingerprint density at radius 3 is 2.60 bits per heavy atom. The molecule has 6 heteroatoms. The van der Waals surface area contributed by atoms with Crippen LogP contribution in [0.5, 0.6) is 0 Å². The average Bonchev–Trinajstić information content (AvgIpc) is 3.21. The molecule has 1 aromatic carbocycles. The summed E-state index contributed by atoms with van der Waals surface area (Å²) < 4.78 is 0. The number of rotatable bonds is 6. The van der Waals surface area contributed by atoms with E-state index >= 15 is 0 Å². The van der Waals surface area contributed by atoms with Gasteiger partial charge in [0.2, 0.25) is 5.91 Å². The maximum Gasteiger partial charge on any atom is 0.237 e. The Labute approximate surface area is 147 Å². The minimum Gasteiger partial charge on any atom is -0.347 e. The monoisotopic (exact) mass is 340 g/mol. The van der Waals surface area contributed by atoms with Crippen molar-refractivity contribution in [1.82, 2.24) is 20.4 Å². The summed E-state index contributed by atoms with van der Waals surface area (Å²) in [6.45, 7) is 3.67. The molecule has 0 spiro atoms. The molecule has 1 fully saturated rings. The topological polar surface area (TPSA) is 78.1 Å². The molecule has 1 aromatic heterocycles. The van der Waals surface area contributed by atoms with Gasteiger partial charge in [0.15, 0.2) is 5.78 Å². The van der Waals surface area contributed by atoms with Gasteiger partial charge in [-0.3, -0.25) is 19.6 Å². The third kappa shape index (κ3) is 4.33. The molecule has 0 aliphatic carbocycles. The molecule has 6 nitrogen and oxygen atoms in total. The van der Waals surface area contributed by atoms with E-state index in [-0.39, 0.29) is 24.3 Å². The molecule has 2 N–H and O–H groups in total. The molecule has 132 valence electrons. The minimum atomic E-state index is -0.230. The Bertz CT molecular complexity index is 691. The van der Waals surface area contributed by atoms with Gasteiger partial charge in [-0.1, -0.05) is 30.3 Å². The van der Waals surface area contributed by atoms with Crippen molar-refractivity contribution in [3.05, 3.63) is 53.9 Å². The largest absolute Gasteiger partial charge is 0.347 e. The molecule has 0 unspecified atom stereocenters. The van der Waals surface area contributed by atoms with Crippen molar-refractivity contribution in [2.45, 2.75) is 31.7 Å². The molecular weight excluding hydrogens is 316 g/mol. The number of amides is 1. The van der Waals surface area contributed by atoms with E-state index in [1.807, 2.05) is 31.2 Å². The second kappa shape index (κ2) is 8.07. The maximum absolute atomic E-state index is 12.4. The number of Topliss-reactive ketones (excluding diaryl/α,β-unsaturated/α-hetero) is 1. The lowest BCUT2D eigenvalue weighted by Crippen LogP contribution is -2.48. The smallest absolute Gasteiger partial charge is 0.237 e. The Hall–Kier alpha value is -2.47. The number of carbonyl (C=O) groups is 2. The van der Waals surface area contributed by atoms with Crippen molar-refractivity contribution in [3.8, 4) is 0 Å². The highest BCUT2D eigenvalue weighted by Gasteiger charge is 2.27. The van der Waals surface area contributed by atoms with Crippen molar-refractivity contribution in [2.24, 2.45) is 0 Å². The Balaban J connectivity index is 1.46. The summed E-state index contributed by atoms with van der Waals surface area (Å²) in [5, 5.41) is 9.82. The van der Waals surface area contributed by atoms with Gasteiger partial charge in [0.25, 0.3) is 0 Å². The summed E-state index contributed by atoms with van der Waals surface area (Å²) in [5.74, 6) is 0.317. The molecule has 1 atom stereocenters. The second-order valence-corrected chi connectivity index (χ2v) is 6.51. The number of hydrogen-bond acceptors (Lipinski definition) is 4. The molecule has 2 aromatic rings. The van der Waals surface area contributed by atoms with Crippen molar-refractivity contribution in [3.63, 3.8) is 0 Å². The summed E-state index contributed by atoms with van der Waals surface area (Å²) in [4.78, 5) is 26.6. The number of ketones is 1. The second-order valence-electron chi connectivity index (χ2n) is 6.51. The van der Waals surface area contributed by atoms with Gasteiger partial charge in [0.1, 0.15) is 0 Å². The summed E-state index contributed by atoms with van der Waals surface area (Å²) in [6.07, 6.45) is 3.78. The number of H-pyrrole nitrogens is 1. The lowest BCUT2D eigenvalue weighted by atomic mass is 9.93. The van der Waals surface area contributed by atoms with E-state index in [2.05, 4.69) is 20.4 Å². The van der Waals surface area contributed by atoms with Crippen LogP contribution < -0.4 is 5.32 Å². The van der Waals surface area contributed by atoms with Crippen molar-refractivity contribution in [2.75, 3.05) is 19.6 Å². The first kappa shape index (κ1) is 17.4. The number of hydrogen-bond donors (Lipinski definition) is 2. The van der Waals surface area contributed by atoms with E-state index in [1.165, 1.54) is 5.69 Å². The van der Waals surface area contributed by atoms with Crippen LogP contribution in [0.25, 0.3) is 0 Å². The van der Waals surface area contributed by atoms with Gasteiger partial charge in [0.05, 0.1) is 12.6 Å². The molecular formula is C19H24N4O2. The standard InChI is InChI=1S/C19H24N4O2/c1-14(19(25)20-13-18(24)16-5-3-2-4-6-16)23-11-8-15(9-12-23)17-7-10-21-22-17/h2-7,10,14-15H,8-9,11-13H2,1H3,(H,20,25)(H,21,22)/t14-/m1/s1. The van der Waals surface area contributed by atoms with E-state index in [4.69, 9.17) is 0 Å². The molecule has 3 rings (SSSR count). The fourth-order valence-electron chi connectivity index (χ4n) is 3.30. The van der Waals surface area contributed by atoms with Gasteiger partial charge in [-0.25, -0.2) is 0 Å². The van der Waals surface area contributed by atoms with Crippen molar-refractivity contribution < 1.29 is 9.59 Å². The third-order valence-electron chi connectivity index (χ3n) is 4.94. The molecule has 2 heterocycles. The number of piperidine rings is 1. The SMILES string of the molecule is C[C@H](C(=O)NCC(=O)c1ccccc1)N1CCC(c2ccn[nH]2)CC1. The molecule has 0 saturated carbocycles. The highest BCUT2D eigenvalue weighted by atomic mass is 16.2. The number of likely N-dealkylation sites (tertiary alicyclic amines) is 1. The highest BCUT2D eigenvalue weighted by molar-refractivity contribution is 5.99. The molecule has 1 aliphatic rings. The lowest BCUT2D eigenvalue weighted by Gasteiger charge is -2.34. The summed E-state index contributed by atoms with van der Waals surface area (Å²) in [7, 11) is 0. The van der Waals surface area contributed by atoms with Crippen LogP contribution in [0.1, 0.15) is 41.7 Å². The zero-order chi connectivity index (χ0) is 17.6. The first-order chi connectivity index (χ1) is 12.1. The predicted molar refractivity (Wildman–Crippen MR) is 95.4 cm³/mol. The fourth-order valence-corrected chi connectivity index (χ4v) is 3.30. The van der Waals surface area contributed by atoms with Crippen molar-refractivity contribution in [1.29, 1.82) is 0 Å². The van der Waals surface area contributed by atoms with Crippen LogP contribution in [0, 0.1) is 0 Å². The van der Waals surface area contributed by atoms with Crippen LogP contribution in [0.3, 0.4) is 0 Å². The van der Waals surface area contributed by atoms with E-state index in [1.54, 1.807) is 18.3 Å². The summed E-state index contributed by atoms with van der Waals surface area (Å²) >= 11 is 0. The van der Waals surface area contributed by atoms with Crippen LogP contribution in [-0.4, -0.2) is 52.5 Å². The quantitative estimate of drug-likeness (QED) is 0.788. The minimum absolute atomic E-state index is 0.0395. The summed E-state index contributed by atoms with van der Waals surface area (Å²) in [5.41, 5.74) is 1.79. The third-order valence-corrected chi connectivity index (χ3v) is 4.94. The van der Waals surface area contributed by atoms with E-state index in [0.29, 0.717) is 11.5 Å². The van der Waals surface area contributed by atoms with Crippen LogP contribution in [0.2, 0.25) is 0 Å². The Kier molecular flexibility index (Phi) is 5.60. The fraction of sp³-hybridized carbons (Fsp3) is 0.421. The predicted octanol–water partition coefficient (Wildman–Crippen LogP) is 1.98. The number of benzene rings is 1. The number of carbonyl (C=O) groups excluding carboxylic acids is 2. The van der Waals surface area contributed by atoms with Crippen molar-refractivity contribution >= 4 is 11.7 Å². The number of aromatic amines is 1. The van der Waals surface area contributed by atoms with E-state index < -0.39 is 0 Å². The van der Waals surface area contributed by atoms with Gasteiger partial charge in [-0.15, -0.1) is 0 Å². The van der Waals surface area contributed by atoms with Gasteiger partial charge in [-0.05, 0) is 38.9 Å². The number of aromatic nitrogens is 2. The normalized spacial score (nSPS) is 17.2.